The van der Waals surface area contributed by atoms with E-state index in [1.807, 2.05) is 0 Å². The van der Waals surface area contributed by atoms with Crippen molar-refractivity contribution in [1.82, 2.24) is 0 Å². The third-order valence-electron chi connectivity index (χ3n) is 14.9. The number of fused-ring (bicyclic) bond motifs is 13. The first-order valence-corrected chi connectivity index (χ1v) is 23.4. The van der Waals surface area contributed by atoms with Gasteiger partial charge in [-0.3, -0.25) is 0 Å². The van der Waals surface area contributed by atoms with E-state index in [2.05, 4.69) is 255 Å². The second kappa shape index (κ2) is 14.7. The summed E-state index contributed by atoms with van der Waals surface area (Å²) in [5, 5.41) is 15.2. The molecular weight excluding hydrogens is 805 g/mol. The third kappa shape index (κ3) is 5.42. The van der Waals surface area contributed by atoms with Crippen LogP contribution in [0.2, 0.25) is 0 Å². The summed E-state index contributed by atoms with van der Waals surface area (Å²) in [5.74, 6) is 0. The van der Waals surface area contributed by atoms with Gasteiger partial charge in [0.1, 0.15) is 0 Å². The van der Waals surface area contributed by atoms with Gasteiger partial charge >= 0.3 is 0 Å². The van der Waals surface area contributed by atoms with Gasteiger partial charge < -0.3 is 0 Å². The molecule has 13 aromatic rings. The second-order valence-corrected chi connectivity index (χ2v) is 18.2. The molecule has 0 aromatic heterocycles. The summed E-state index contributed by atoms with van der Waals surface area (Å²) < 4.78 is 0. The third-order valence-corrected chi connectivity index (χ3v) is 14.9. The topological polar surface area (TPSA) is 0 Å². The first-order valence-electron chi connectivity index (χ1n) is 23.4. The van der Waals surface area contributed by atoms with Gasteiger partial charge in [0.2, 0.25) is 0 Å². The smallest absolute Gasteiger partial charge is 0.0622 e. The van der Waals surface area contributed by atoms with Gasteiger partial charge in [0.25, 0.3) is 0 Å². The van der Waals surface area contributed by atoms with Crippen molar-refractivity contribution in [1.29, 1.82) is 0 Å². The molecule has 14 rings (SSSR count). The van der Waals surface area contributed by atoms with Gasteiger partial charge in [-0.05, 0) is 137 Å². The van der Waals surface area contributed by atoms with Gasteiger partial charge in [-0.25, -0.2) is 0 Å². The largest absolute Gasteiger partial charge is 0.0725 e. The lowest BCUT2D eigenvalue weighted by Gasteiger charge is -2.35. The van der Waals surface area contributed by atoms with Crippen molar-refractivity contribution in [2.45, 2.75) is 5.41 Å². The fraction of sp³-hybridized carbons (Fsp3) is 0.0149. The van der Waals surface area contributed by atoms with Crippen molar-refractivity contribution in [2.75, 3.05) is 0 Å². The van der Waals surface area contributed by atoms with Gasteiger partial charge in [-0.15, -0.1) is 0 Å². The SMILES string of the molecule is c1ccc(C2(c3ccccc3)c3c(ccc4cc(-c5c6ccccc6c(-c6ccc(-c7cccc8ccccc78)cc6)c6ccccc56)ccc34)-c3c2c2ccccc2c2ccccc32)cc1. The van der Waals surface area contributed by atoms with Crippen LogP contribution in [-0.4, -0.2) is 0 Å². The van der Waals surface area contributed by atoms with E-state index in [0.717, 1.165) is 0 Å². The van der Waals surface area contributed by atoms with Crippen molar-refractivity contribution < 1.29 is 0 Å². The minimum absolute atomic E-state index is 0.581. The van der Waals surface area contributed by atoms with E-state index in [9.17, 15) is 0 Å². The van der Waals surface area contributed by atoms with E-state index >= 15 is 0 Å². The summed E-state index contributed by atoms with van der Waals surface area (Å²) in [7, 11) is 0. The Bertz CT molecular complexity index is 4020. The van der Waals surface area contributed by atoms with Gasteiger partial charge in [-0.1, -0.05) is 249 Å². The summed E-state index contributed by atoms with van der Waals surface area (Å²) in [4.78, 5) is 0. The molecule has 0 amide bonds. The molecule has 13 aromatic carbocycles. The van der Waals surface area contributed by atoms with Crippen LogP contribution in [0.25, 0.3) is 109 Å². The van der Waals surface area contributed by atoms with E-state index in [4.69, 9.17) is 0 Å². The Morgan fingerprint density at radius 1 is 0.209 bits per heavy atom. The Kier molecular flexibility index (Phi) is 8.30. The maximum Gasteiger partial charge on any atom is 0.0725 e. The Morgan fingerprint density at radius 3 is 1.27 bits per heavy atom. The van der Waals surface area contributed by atoms with Crippen LogP contribution in [0.4, 0.5) is 0 Å². The van der Waals surface area contributed by atoms with Crippen LogP contribution in [-0.2, 0) is 5.41 Å². The molecule has 0 radical (unpaired) electrons. The lowest BCUT2D eigenvalue weighted by Crippen LogP contribution is -2.29. The molecular formula is C67H42. The molecule has 0 saturated carbocycles. The maximum atomic E-state index is 2.46. The number of hydrogen-bond donors (Lipinski definition) is 0. The quantitative estimate of drug-likeness (QED) is 0.120. The molecule has 1 aliphatic carbocycles. The van der Waals surface area contributed by atoms with E-state index in [0.29, 0.717) is 0 Å². The molecule has 0 bridgehead atoms. The standard InChI is InChI=1S/C67H42/c1-3-20-48(21-4-1)67(49-22-5-2-6-23-49)65-52-40-39-47(42-46(52)38-41-61(65)64-55-27-11-9-25-53(55)54-26-10-16-32-60(54)66(64)67)63-58-30-14-12-28-56(58)62(57-29-13-15-31-59(57)63)45-36-34-44(35-37-45)51-33-17-19-43-18-7-8-24-50(43)51/h1-42H. The van der Waals surface area contributed by atoms with Crippen molar-refractivity contribution >= 4 is 64.6 Å². The van der Waals surface area contributed by atoms with Gasteiger partial charge in [0.05, 0.1) is 5.41 Å². The molecule has 0 N–H and O–H groups in total. The molecule has 310 valence electrons. The van der Waals surface area contributed by atoms with Crippen molar-refractivity contribution in [3.63, 3.8) is 0 Å². The van der Waals surface area contributed by atoms with Crippen LogP contribution < -0.4 is 0 Å². The van der Waals surface area contributed by atoms with Crippen LogP contribution in [0.1, 0.15) is 22.3 Å². The molecule has 0 heterocycles. The first kappa shape index (κ1) is 37.8. The number of hydrogen-bond acceptors (Lipinski definition) is 0. The predicted octanol–water partition coefficient (Wildman–Crippen LogP) is 18.0. The van der Waals surface area contributed by atoms with Crippen LogP contribution in [0.15, 0.2) is 255 Å². The van der Waals surface area contributed by atoms with Crippen molar-refractivity contribution in [3.8, 4) is 44.5 Å². The zero-order chi connectivity index (χ0) is 44.1. The fourth-order valence-electron chi connectivity index (χ4n) is 12.2. The van der Waals surface area contributed by atoms with Crippen LogP contribution in [0.3, 0.4) is 0 Å². The highest BCUT2D eigenvalue weighted by Crippen LogP contribution is 2.62. The molecule has 0 nitrogen and oxygen atoms in total. The molecule has 67 heavy (non-hydrogen) atoms. The average molecular weight is 847 g/mol. The number of benzene rings is 13. The number of rotatable bonds is 5. The Hall–Kier alpha value is -8.58. The monoisotopic (exact) mass is 846 g/mol. The van der Waals surface area contributed by atoms with Gasteiger partial charge in [0, 0.05) is 0 Å². The molecule has 0 atom stereocenters. The first-order chi connectivity index (χ1) is 33.3. The van der Waals surface area contributed by atoms with E-state index < -0.39 is 5.41 Å². The fourth-order valence-corrected chi connectivity index (χ4v) is 12.2. The normalized spacial score (nSPS) is 12.9. The molecule has 1 aliphatic rings. The molecule has 0 aliphatic heterocycles. The lowest BCUT2D eigenvalue weighted by atomic mass is 9.65. The van der Waals surface area contributed by atoms with Gasteiger partial charge in [0.15, 0.2) is 0 Å². The minimum Gasteiger partial charge on any atom is -0.0622 e. The minimum atomic E-state index is -0.581. The highest BCUT2D eigenvalue weighted by atomic mass is 14.5. The summed E-state index contributed by atoms with van der Waals surface area (Å²) in [5.41, 5.74) is 14.8. The van der Waals surface area contributed by atoms with E-state index in [1.54, 1.807) is 0 Å². The van der Waals surface area contributed by atoms with Crippen LogP contribution in [0, 0.1) is 0 Å². The molecule has 0 heteroatoms. The average Bonchev–Trinajstić information content (AvgIpc) is 3.73. The molecule has 0 unspecified atom stereocenters. The predicted molar refractivity (Wildman–Crippen MR) is 285 cm³/mol. The maximum absolute atomic E-state index is 2.46. The van der Waals surface area contributed by atoms with Crippen LogP contribution >= 0.6 is 0 Å². The van der Waals surface area contributed by atoms with Crippen molar-refractivity contribution in [3.05, 3.63) is 277 Å². The highest BCUT2D eigenvalue weighted by molar-refractivity contribution is 6.23. The Morgan fingerprint density at radius 2 is 0.657 bits per heavy atom. The summed E-state index contributed by atoms with van der Waals surface area (Å²) in [6.45, 7) is 0. The Balaban J connectivity index is 1.02. The molecule has 0 spiro atoms. The van der Waals surface area contributed by atoms with E-state index in [1.165, 1.54) is 131 Å². The second-order valence-electron chi connectivity index (χ2n) is 18.2. The zero-order valence-electron chi connectivity index (χ0n) is 36.7. The van der Waals surface area contributed by atoms with E-state index in [-0.39, 0.29) is 0 Å². The zero-order valence-corrected chi connectivity index (χ0v) is 36.7. The highest BCUT2D eigenvalue weighted by Gasteiger charge is 2.49. The summed E-state index contributed by atoms with van der Waals surface area (Å²) in [6.07, 6.45) is 0. The molecule has 0 saturated heterocycles. The lowest BCUT2D eigenvalue weighted by molar-refractivity contribution is 0.783. The van der Waals surface area contributed by atoms with Gasteiger partial charge in [-0.2, -0.15) is 0 Å². The Labute approximate surface area is 389 Å². The van der Waals surface area contributed by atoms with Crippen molar-refractivity contribution in [2.24, 2.45) is 0 Å². The summed E-state index contributed by atoms with van der Waals surface area (Å²) in [6, 6.07) is 95.3. The van der Waals surface area contributed by atoms with Crippen LogP contribution in [0.5, 0.6) is 0 Å². The summed E-state index contributed by atoms with van der Waals surface area (Å²) >= 11 is 0. The molecule has 0 fully saturated rings.